The Labute approximate surface area is 228 Å². The number of benzene rings is 2. The molecule has 4 aromatic rings. The van der Waals surface area contributed by atoms with Crippen molar-refractivity contribution in [3.8, 4) is 17.0 Å². The van der Waals surface area contributed by atoms with Gasteiger partial charge in [-0.2, -0.15) is 0 Å². The van der Waals surface area contributed by atoms with Crippen LogP contribution in [0, 0.1) is 18.3 Å². The molecule has 1 aliphatic carbocycles. The van der Waals surface area contributed by atoms with Crippen LogP contribution in [0.5, 0.6) is 5.75 Å². The number of aromatic nitrogens is 2. The lowest BCUT2D eigenvalue weighted by Crippen LogP contribution is -2.15. The van der Waals surface area contributed by atoms with E-state index in [1.54, 1.807) is 4.57 Å². The molecular weight excluding hydrogens is 494 g/mol. The van der Waals surface area contributed by atoms with E-state index in [0.717, 1.165) is 64.0 Å². The maximum atomic E-state index is 12.8. The van der Waals surface area contributed by atoms with Gasteiger partial charge in [0, 0.05) is 27.9 Å². The molecule has 0 radical (unpaired) electrons. The number of nitrogens with zero attached hydrogens (tertiary/aromatic N) is 2. The van der Waals surface area contributed by atoms with E-state index in [1.165, 1.54) is 11.3 Å². The van der Waals surface area contributed by atoms with E-state index in [0.29, 0.717) is 11.7 Å². The van der Waals surface area contributed by atoms with Crippen LogP contribution < -0.4 is 10.1 Å². The molecule has 1 saturated carbocycles. The minimum Gasteiger partial charge on any atom is -0.494 e. The molecule has 0 unspecified atom stereocenters. The lowest BCUT2D eigenvalue weighted by atomic mass is 9.87. The van der Waals surface area contributed by atoms with Gasteiger partial charge in [0.25, 0.3) is 0 Å². The molecular formula is C31H35N3O3S. The van der Waals surface area contributed by atoms with Crippen molar-refractivity contribution in [2.45, 2.75) is 59.8 Å². The number of rotatable bonds is 10. The molecule has 6 nitrogen and oxygen atoms in total. The summed E-state index contributed by atoms with van der Waals surface area (Å²) >= 11 is 1.47. The molecule has 1 N–H and O–H groups in total. The Hall–Kier alpha value is -3.45. The molecule has 0 aliphatic heterocycles. The van der Waals surface area contributed by atoms with Gasteiger partial charge in [0.15, 0.2) is 5.13 Å². The Morgan fingerprint density at radius 2 is 1.97 bits per heavy atom. The average molecular weight is 530 g/mol. The first-order valence-corrected chi connectivity index (χ1v) is 14.2. The summed E-state index contributed by atoms with van der Waals surface area (Å²) in [5, 5.41) is 4.56. The number of ether oxygens (including phenoxy) is 1. The van der Waals surface area contributed by atoms with Crippen LogP contribution in [-0.4, -0.2) is 28.0 Å². The first-order valence-electron chi connectivity index (χ1n) is 13.4. The van der Waals surface area contributed by atoms with E-state index in [4.69, 9.17) is 9.72 Å². The van der Waals surface area contributed by atoms with Crippen LogP contribution in [0.1, 0.15) is 61.7 Å². The van der Waals surface area contributed by atoms with Gasteiger partial charge in [0.1, 0.15) is 5.75 Å². The fraction of sp³-hybridized carbons (Fsp3) is 0.387. The minimum atomic E-state index is -0.110. The van der Waals surface area contributed by atoms with Gasteiger partial charge in [-0.25, -0.2) is 4.98 Å². The topological polar surface area (TPSA) is 73.2 Å². The highest BCUT2D eigenvalue weighted by Gasteiger charge is 2.31. The predicted octanol–water partition coefficient (Wildman–Crippen LogP) is 7.51. The van der Waals surface area contributed by atoms with Crippen molar-refractivity contribution >= 4 is 39.2 Å². The lowest BCUT2D eigenvalue weighted by molar-refractivity contribution is -0.115. The molecule has 38 heavy (non-hydrogen) atoms. The van der Waals surface area contributed by atoms with Crippen molar-refractivity contribution in [3.05, 3.63) is 65.2 Å². The summed E-state index contributed by atoms with van der Waals surface area (Å²) in [6, 6.07) is 15.8. The predicted molar refractivity (Wildman–Crippen MR) is 154 cm³/mol. The molecule has 0 saturated heterocycles. The maximum Gasteiger partial charge on any atom is 0.234 e. The van der Waals surface area contributed by atoms with Crippen molar-refractivity contribution in [3.63, 3.8) is 0 Å². The van der Waals surface area contributed by atoms with Crippen LogP contribution in [0.4, 0.5) is 5.13 Å². The van der Waals surface area contributed by atoms with Gasteiger partial charge in [0.2, 0.25) is 11.8 Å². The molecule has 0 atom stereocenters. The molecule has 198 valence electrons. The number of carbonyl (C=O) groups is 2. The summed E-state index contributed by atoms with van der Waals surface area (Å²) in [5.74, 6) is 1.03. The molecule has 7 heteroatoms. The Kier molecular flexibility index (Phi) is 7.39. The smallest absolute Gasteiger partial charge is 0.234 e. The van der Waals surface area contributed by atoms with Crippen LogP contribution in [0.15, 0.2) is 54.7 Å². The van der Waals surface area contributed by atoms with E-state index in [1.807, 2.05) is 55.6 Å². The largest absolute Gasteiger partial charge is 0.494 e. The SMILES string of the molecule is CCC(C)(C)CCOc1cccc(CC(=O)Nc2nc(-c3ccc4c(ccn4C(=O)C4CC4)c3)c(C)s2)c1. The lowest BCUT2D eigenvalue weighted by Gasteiger charge is -2.22. The maximum absolute atomic E-state index is 12.8. The molecule has 1 amide bonds. The number of aryl methyl sites for hydroxylation is 1. The van der Waals surface area contributed by atoms with E-state index in [2.05, 4.69) is 32.2 Å². The summed E-state index contributed by atoms with van der Waals surface area (Å²) < 4.78 is 7.72. The van der Waals surface area contributed by atoms with E-state index in [-0.39, 0.29) is 29.6 Å². The van der Waals surface area contributed by atoms with Gasteiger partial charge in [-0.15, -0.1) is 11.3 Å². The molecule has 5 rings (SSSR count). The zero-order valence-corrected chi connectivity index (χ0v) is 23.4. The number of carbonyl (C=O) groups excluding carboxylic acids is 2. The molecule has 2 aromatic heterocycles. The number of hydrogen-bond acceptors (Lipinski definition) is 5. The van der Waals surface area contributed by atoms with Gasteiger partial charge < -0.3 is 10.1 Å². The second-order valence-electron chi connectivity index (χ2n) is 11.0. The highest BCUT2D eigenvalue weighted by Crippen LogP contribution is 2.35. The second-order valence-corrected chi connectivity index (χ2v) is 12.2. The molecule has 0 bridgehead atoms. The van der Waals surface area contributed by atoms with Crippen molar-refractivity contribution < 1.29 is 14.3 Å². The number of hydrogen-bond donors (Lipinski definition) is 1. The summed E-state index contributed by atoms with van der Waals surface area (Å²) in [6.45, 7) is 9.35. The molecule has 0 spiro atoms. The number of fused-ring (bicyclic) bond motifs is 1. The fourth-order valence-corrected chi connectivity index (χ4v) is 5.29. The van der Waals surface area contributed by atoms with Gasteiger partial charge in [0.05, 0.1) is 24.2 Å². The summed E-state index contributed by atoms with van der Waals surface area (Å²) in [6.07, 6.45) is 6.18. The Bertz CT molecular complexity index is 1480. The van der Waals surface area contributed by atoms with Crippen molar-refractivity contribution in [1.82, 2.24) is 9.55 Å². The quantitative estimate of drug-likeness (QED) is 0.231. The number of nitrogens with one attached hydrogen (secondary N) is 1. The van der Waals surface area contributed by atoms with E-state index in [9.17, 15) is 9.59 Å². The monoisotopic (exact) mass is 529 g/mol. The van der Waals surface area contributed by atoms with Crippen LogP contribution >= 0.6 is 11.3 Å². The van der Waals surface area contributed by atoms with Crippen LogP contribution in [-0.2, 0) is 11.2 Å². The highest BCUT2D eigenvalue weighted by molar-refractivity contribution is 7.16. The van der Waals surface area contributed by atoms with Gasteiger partial charge in [-0.05, 0) is 67.5 Å². The highest BCUT2D eigenvalue weighted by atomic mass is 32.1. The molecule has 1 fully saturated rings. The van der Waals surface area contributed by atoms with Crippen LogP contribution in [0.25, 0.3) is 22.2 Å². The standard InChI is InChI=1S/C31H35N3O3S/c1-5-31(3,4)14-16-37-25-8-6-7-21(17-25)18-27(35)32-30-33-28(20(2)38-30)24-11-12-26-23(19-24)13-15-34(26)29(36)22-9-10-22/h6-8,11-13,15,17,19,22H,5,9-10,14,16,18H2,1-4H3,(H,32,33,35). The fourth-order valence-electron chi connectivity index (χ4n) is 4.44. The minimum absolute atomic E-state index is 0.110. The van der Waals surface area contributed by atoms with E-state index < -0.39 is 0 Å². The first-order chi connectivity index (χ1) is 18.2. The molecule has 1 aliphatic rings. The first kappa shape index (κ1) is 26.2. The number of anilines is 1. The summed E-state index contributed by atoms with van der Waals surface area (Å²) in [5.41, 5.74) is 3.90. The Morgan fingerprint density at radius 3 is 2.74 bits per heavy atom. The van der Waals surface area contributed by atoms with Crippen molar-refractivity contribution in [1.29, 1.82) is 0 Å². The third kappa shape index (κ3) is 5.99. The van der Waals surface area contributed by atoms with Crippen molar-refractivity contribution in [2.75, 3.05) is 11.9 Å². The van der Waals surface area contributed by atoms with Gasteiger partial charge >= 0.3 is 0 Å². The second kappa shape index (κ2) is 10.7. The Morgan fingerprint density at radius 1 is 1.16 bits per heavy atom. The summed E-state index contributed by atoms with van der Waals surface area (Å²) in [7, 11) is 0. The van der Waals surface area contributed by atoms with Crippen LogP contribution in [0.2, 0.25) is 0 Å². The molecule has 2 heterocycles. The van der Waals surface area contributed by atoms with Crippen LogP contribution in [0.3, 0.4) is 0 Å². The normalized spacial score (nSPS) is 13.6. The number of thiazole rings is 1. The molecule has 2 aromatic carbocycles. The third-order valence-electron chi connectivity index (χ3n) is 7.44. The number of amides is 1. The average Bonchev–Trinajstić information content (AvgIpc) is 3.56. The zero-order chi connectivity index (χ0) is 26.9. The van der Waals surface area contributed by atoms with E-state index >= 15 is 0 Å². The third-order valence-corrected chi connectivity index (χ3v) is 8.32. The Balaban J connectivity index is 1.23. The summed E-state index contributed by atoms with van der Waals surface area (Å²) in [4.78, 5) is 31.1. The van der Waals surface area contributed by atoms with Gasteiger partial charge in [-0.3, -0.25) is 14.2 Å². The van der Waals surface area contributed by atoms with Crippen molar-refractivity contribution in [2.24, 2.45) is 11.3 Å². The zero-order valence-electron chi connectivity index (χ0n) is 22.5. The van der Waals surface area contributed by atoms with Gasteiger partial charge in [-0.1, -0.05) is 45.4 Å².